The van der Waals surface area contributed by atoms with E-state index >= 15 is 0 Å². The van der Waals surface area contributed by atoms with Gasteiger partial charge in [-0.3, -0.25) is 11.3 Å². The zero-order chi connectivity index (χ0) is 14.5. The highest BCUT2D eigenvalue weighted by molar-refractivity contribution is 5.47. The van der Waals surface area contributed by atoms with Crippen molar-refractivity contribution in [3.63, 3.8) is 0 Å². The van der Waals surface area contributed by atoms with Crippen LogP contribution in [0.3, 0.4) is 0 Å². The molecule has 6 nitrogen and oxygen atoms in total. The fourth-order valence-corrected chi connectivity index (χ4v) is 2.58. The summed E-state index contributed by atoms with van der Waals surface area (Å²) in [5.74, 6) is 7.25. The summed E-state index contributed by atoms with van der Waals surface area (Å²) in [6, 6.07) is 5.50. The van der Waals surface area contributed by atoms with Crippen molar-refractivity contribution >= 4 is 0 Å². The summed E-state index contributed by atoms with van der Waals surface area (Å²) in [5.41, 5.74) is 3.74. The maximum absolute atomic E-state index is 5.86. The van der Waals surface area contributed by atoms with Crippen molar-refractivity contribution in [3.05, 3.63) is 23.8 Å². The number of nitrogens with two attached hydrogens (primary N) is 1. The second kappa shape index (κ2) is 6.90. The third-order valence-corrected chi connectivity index (χ3v) is 3.62. The van der Waals surface area contributed by atoms with Crippen LogP contribution in [0.25, 0.3) is 0 Å². The number of rotatable bonds is 5. The minimum atomic E-state index is -0.191. The van der Waals surface area contributed by atoms with E-state index in [0.29, 0.717) is 6.61 Å². The second-order valence-electron chi connectivity index (χ2n) is 4.89. The van der Waals surface area contributed by atoms with Crippen LogP contribution in [-0.2, 0) is 4.74 Å². The number of hydrogen-bond donors (Lipinski definition) is 2. The summed E-state index contributed by atoms with van der Waals surface area (Å²) in [7, 11) is 5.35. The van der Waals surface area contributed by atoms with Crippen LogP contribution >= 0.6 is 0 Å². The Morgan fingerprint density at radius 2 is 2.00 bits per heavy atom. The molecule has 1 aliphatic rings. The Bertz CT molecular complexity index is 419. The molecule has 0 bridgehead atoms. The summed E-state index contributed by atoms with van der Waals surface area (Å²) < 4.78 is 16.7. The number of methoxy groups -OCH3 is 2. The van der Waals surface area contributed by atoms with Crippen LogP contribution in [-0.4, -0.2) is 52.0 Å². The number of nitrogens with zero attached hydrogens (tertiary/aromatic N) is 1. The standard InChI is InChI=1S/C14H23N3O3/c1-17-7-8-20-12(9-17)14(16-15)13-10(18-2)5-4-6-11(13)19-3/h4-6,12,14,16H,7-9,15H2,1-3H3. The van der Waals surface area contributed by atoms with Crippen LogP contribution < -0.4 is 20.7 Å². The van der Waals surface area contributed by atoms with Crippen LogP contribution in [0.15, 0.2) is 18.2 Å². The average molecular weight is 281 g/mol. The fraction of sp³-hybridized carbons (Fsp3) is 0.571. The Morgan fingerprint density at radius 3 is 2.50 bits per heavy atom. The molecule has 1 aromatic carbocycles. The number of hydrogen-bond acceptors (Lipinski definition) is 6. The minimum absolute atomic E-state index is 0.0519. The molecule has 0 aromatic heterocycles. The lowest BCUT2D eigenvalue weighted by molar-refractivity contribution is -0.0399. The Hall–Kier alpha value is -1.34. The highest BCUT2D eigenvalue weighted by Gasteiger charge is 2.31. The highest BCUT2D eigenvalue weighted by atomic mass is 16.5. The lowest BCUT2D eigenvalue weighted by atomic mass is 9.98. The van der Waals surface area contributed by atoms with E-state index in [0.717, 1.165) is 30.2 Å². The Kier molecular flexibility index (Phi) is 5.19. The van der Waals surface area contributed by atoms with Crippen molar-refractivity contribution < 1.29 is 14.2 Å². The molecule has 1 heterocycles. The van der Waals surface area contributed by atoms with Gasteiger partial charge in [0.2, 0.25) is 0 Å². The van der Waals surface area contributed by atoms with E-state index in [9.17, 15) is 0 Å². The smallest absolute Gasteiger partial charge is 0.127 e. The summed E-state index contributed by atoms with van der Waals surface area (Å²) >= 11 is 0. The van der Waals surface area contributed by atoms with Gasteiger partial charge in [-0.2, -0.15) is 0 Å². The first kappa shape index (κ1) is 15.1. The molecule has 2 rings (SSSR count). The molecule has 0 spiro atoms. The molecule has 2 unspecified atom stereocenters. The summed E-state index contributed by atoms with van der Waals surface area (Å²) in [4.78, 5) is 2.22. The van der Waals surface area contributed by atoms with E-state index in [1.54, 1.807) is 14.2 Å². The maximum Gasteiger partial charge on any atom is 0.127 e. The number of likely N-dealkylation sites (N-methyl/N-ethyl adjacent to an activating group) is 1. The fourth-order valence-electron chi connectivity index (χ4n) is 2.58. The zero-order valence-corrected chi connectivity index (χ0v) is 12.3. The molecular formula is C14H23N3O3. The molecule has 2 atom stereocenters. The molecule has 0 saturated carbocycles. The Morgan fingerprint density at radius 1 is 1.35 bits per heavy atom. The number of nitrogens with one attached hydrogen (secondary N) is 1. The normalized spacial score (nSPS) is 21.5. The first-order valence-electron chi connectivity index (χ1n) is 6.68. The number of benzene rings is 1. The number of hydrazine groups is 1. The third kappa shape index (κ3) is 3.04. The van der Waals surface area contributed by atoms with E-state index < -0.39 is 0 Å². The average Bonchev–Trinajstić information content (AvgIpc) is 2.48. The summed E-state index contributed by atoms with van der Waals surface area (Å²) in [5, 5.41) is 0. The molecule has 1 aliphatic heterocycles. The van der Waals surface area contributed by atoms with Gasteiger partial charge in [-0.25, -0.2) is 0 Å². The van der Waals surface area contributed by atoms with Gasteiger partial charge in [-0.15, -0.1) is 0 Å². The van der Waals surface area contributed by atoms with Gasteiger partial charge in [0.05, 0.1) is 38.5 Å². The molecule has 112 valence electrons. The van der Waals surface area contributed by atoms with Crippen molar-refractivity contribution in [2.75, 3.05) is 41.0 Å². The van der Waals surface area contributed by atoms with Crippen molar-refractivity contribution in [3.8, 4) is 11.5 Å². The predicted octanol–water partition coefficient (Wildman–Crippen LogP) is 0.539. The second-order valence-corrected chi connectivity index (χ2v) is 4.89. The van der Waals surface area contributed by atoms with E-state index in [1.807, 2.05) is 18.2 Å². The molecule has 1 fully saturated rings. The molecule has 20 heavy (non-hydrogen) atoms. The molecule has 0 radical (unpaired) electrons. The Labute approximate surface area is 119 Å². The summed E-state index contributed by atoms with van der Waals surface area (Å²) in [6.45, 7) is 2.42. The molecular weight excluding hydrogens is 258 g/mol. The molecule has 0 amide bonds. The van der Waals surface area contributed by atoms with Crippen molar-refractivity contribution in [2.24, 2.45) is 5.84 Å². The number of ether oxygens (including phenoxy) is 3. The van der Waals surface area contributed by atoms with E-state index in [2.05, 4.69) is 17.4 Å². The molecule has 3 N–H and O–H groups in total. The minimum Gasteiger partial charge on any atom is -0.496 e. The Balaban J connectivity index is 2.35. The zero-order valence-electron chi connectivity index (χ0n) is 12.3. The molecule has 0 aliphatic carbocycles. The van der Waals surface area contributed by atoms with Gasteiger partial charge in [0, 0.05) is 13.1 Å². The van der Waals surface area contributed by atoms with Crippen LogP contribution in [0.1, 0.15) is 11.6 Å². The first-order valence-corrected chi connectivity index (χ1v) is 6.68. The van der Waals surface area contributed by atoms with Crippen molar-refractivity contribution in [1.29, 1.82) is 0 Å². The van der Waals surface area contributed by atoms with Gasteiger partial charge in [-0.05, 0) is 19.2 Å². The maximum atomic E-state index is 5.86. The largest absolute Gasteiger partial charge is 0.496 e. The topological polar surface area (TPSA) is 69.0 Å². The monoisotopic (exact) mass is 281 g/mol. The van der Waals surface area contributed by atoms with Gasteiger partial charge in [-0.1, -0.05) is 6.07 Å². The lowest BCUT2D eigenvalue weighted by Gasteiger charge is -2.35. The van der Waals surface area contributed by atoms with E-state index in [-0.39, 0.29) is 12.1 Å². The van der Waals surface area contributed by atoms with Crippen molar-refractivity contribution in [1.82, 2.24) is 10.3 Å². The van der Waals surface area contributed by atoms with Crippen LogP contribution in [0.2, 0.25) is 0 Å². The van der Waals surface area contributed by atoms with E-state index in [1.165, 1.54) is 0 Å². The van der Waals surface area contributed by atoms with Gasteiger partial charge in [0.25, 0.3) is 0 Å². The molecule has 6 heteroatoms. The van der Waals surface area contributed by atoms with Gasteiger partial charge in [0.1, 0.15) is 11.5 Å². The summed E-state index contributed by atoms with van der Waals surface area (Å²) in [6.07, 6.45) is -0.0519. The lowest BCUT2D eigenvalue weighted by Crippen LogP contribution is -2.48. The van der Waals surface area contributed by atoms with Crippen LogP contribution in [0, 0.1) is 0 Å². The predicted molar refractivity (Wildman–Crippen MR) is 76.8 cm³/mol. The number of morpholine rings is 1. The van der Waals surface area contributed by atoms with Gasteiger partial charge < -0.3 is 19.1 Å². The quantitative estimate of drug-likeness (QED) is 0.606. The first-order chi connectivity index (χ1) is 9.71. The highest BCUT2D eigenvalue weighted by Crippen LogP contribution is 2.36. The van der Waals surface area contributed by atoms with Crippen LogP contribution in [0.5, 0.6) is 11.5 Å². The van der Waals surface area contributed by atoms with Crippen LogP contribution in [0.4, 0.5) is 0 Å². The molecule has 1 saturated heterocycles. The van der Waals surface area contributed by atoms with Crippen molar-refractivity contribution in [2.45, 2.75) is 12.1 Å². The SMILES string of the molecule is COc1cccc(OC)c1C(NN)C1CN(C)CCO1. The molecule has 1 aromatic rings. The third-order valence-electron chi connectivity index (χ3n) is 3.62. The van der Waals surface area contributed by atoms with Gasteiger partial charge in [0.15, 0.2) is 0 Å². The van der Waals surface area contributed by atoms with E-state index in [4.69, 9.17) is 20.1 Å². The van der Waals surface area contributed by atoms with Gasteiger partial charge >= 0.3 is 0 Å².